The summed E-state index contributed by atoms with van der Waals surface area (Å²) in [6.07, 6.45) is 1.21. The molecule has 0 spiro atoms. The third-order valence-electron chi connectivity index (χ3n) is 5.93. The van der Waals surface area contributed by atoms with Gasteiger partial charge in [-0.3, -0.25) is 9.59 Å². The number of nitrogens with one attached hydrogen (secondary N) is 3. The summed E-state index contributed by atoms with van der Waals surface area (Å²) in [5.74, 6) is 0.357. The van der Waals surface area contributed by atoms with E-state index in [9.17, 15) is 14.4 Å². The van der Waals surface area contributed by atoms with Gasteiger partial charge in [-0.2, -0.15) is 0 Å². The largest absolute Gasteiger partial charge is 0.346 e. The van der Waals surface area contributed by atoms with Crippen molar-refractivity contribution in [1.82, 2.24) is 20.6 Å². The molecule has 1 fully saturated rings. The highest BCUT2D eigenvalue weighted by atomic mass is 16.2. The van der Waals surface area contributed by atoms with Crippen LogP contribution in [0.15, 0.2) is 54.6 Å². The Morgan fingerprint density at radius 3 is 2.56 bits per heavy atom. The van der Waals surface area contributed by atoms with Gasteiger partial charge in [0.1, 0.15) is 11.9 Å². The molecule has 1 aliphatic rings. The average Bonchev–Trinajstić information content (AvgIpc) is 3.36. The first-order chi connectivity index (χ1) is 15.5. The fraction of sp³-hybridized carbons (Fsp3) is 0.333. The van der Waals surface area contributed by atoms with Gasteiger partial charge < -0.3 is 15.6 Å². The third-order valence-corrected chi connectivity index (χ3v) is 5.93. The van der Waals surface area contributed by atoms with Gasteiger partial charge >= 0.3 is 6.03 Å². The molecule has 0 saturated carbocycles. The molecule has 2 heterocycles. The van der Waals surface area contributed by atoms with Gasteiger partial charge in [-0.25, -0.2) is 14.7 Å². The Hall–Kier alpha value is -3.68. The molecule has 2 aromatic carbocycles. The molecular weight excluding hydrogens is 406 g/mol. The van der Waals surface area contributed by atoms with Crippen molar-refractivity contribution >= 4 is 34.6 Å². The molecule has 32 heavy (non-hydrogen) atoms. The van der Waals surface area contributed by atoms with Crippen LogP contribution in [0.2, 0.25) is 0 Å². The number of urea groups is 1. The summed E-state index contributed by atoms with van der Waals surface area (Å²) in [4.78, 5) is 46.9. The number of hydrogen-bond donors (Lipinski definition) is 3. The fourth-order valence-corrected chi connectivity index (χ4v) is 3.91. The number of aromatic amines is 1. The van der Waals surface area contributed by atoms with Crippen LogP contribution < -0.4 is 15.5 Å². The van der Waals surface area contributed by atoms with Crippen molar-refractivity contribution in [2.75, 3.05) is 4.90 Å². The Morgan fingerprint density at radius 2 is 1.84 bits per heavy atom. The van der Waals surface area contributed by atoms with Gasteiger partial charge in [0.25, 0.3) is 5.91 Å². The van der Waals surface area contributed by atoms with Crippen LogP contribution in [0.4, 0.5) is 10.5 Å². The molecule has 0 bridgehead atoms. The maximum atomic E-state index is 12.8. The van der Waals surface area contributed by atoms with Crippen LogP contribution in [-0.4, -0.2) is 33.9 Å². The second-order valence-electron chi connectivity index (χ2n) is 8.12. The zero-order chi connectivity index (χ0) is 22.7. The molecule has 1 aliphatic heterocycles. The molecule has 1 saturated heterocycles. The molecule has 4 amide bonds. The second kappa shape index (κ2) is 9.21. The Bertz CT molecular complexity index is 1090. The minimum Gasteiger partial charge on any atom is -0.346 e. The number of anilines is 1. The molecule has 1 aromatic heterocycles. The SMILES string of the molecule is CC[C@H](C)[C@H](NC(=O)CC[C@@H]1NC(=O)N(c2ccccc2)C1=O)c1nc2ccccc2[nH]1. The standard InChI is InChI=1S/C24H27N5O3/c1-3-15(2)21(22-25-17-11-7-8-12-18(17)26-22)28-20(30)14-13-19-23(31)29(24(32)27-19)16-9-5-4-6-10-16/h4-12,15,19,21H,3,13-14H2,1-2H3,(H,25,26)(H,27,32)(H,28,30)/t15-,19-,21-/m0/s1. The van der Waals surface area contributed by atoms with E-state index in [0.717, 1.165) is 28.2 Å². The van der Waals surface area contributed by atoms with Gasteiger partial charge in [0.05, 0.1) is 22.8 Å². The summed E-state index contributed by atoms with van der Waals surface area (Å²) in [6, 6.07) is 15.1. The quantitative estimate of drug-likeness (QED) is 0.471. The van der Waals surface area contributed by atoms with Gasteiger partial charge in [0.15, 0.2) is 0 Å². The number of imide groups is 1. The van der Waals surface area contributed by atoms with Crippen LogP contribution >= 0.6 is 0 Å². The summed E-state index contributed by atoms with van der Waals surface area (Å²) >= 11 is 0. The molecule has 3 atom stereocenters. The number of carbonyl (C=O) groups excluding carboxylic acids is 3. The number of aromatic nitrogens is 2. The number of nitrogens with zero attached hydrogens (tertiary/aromatic N) is 2. The average molecular weight is 434 g/mol. The lowest BCUT2D eigenvalue weighted by atomic mass is 9.98. The van der Waals surface area contributed by atoms with E-state index in [2.05, 4.69) is 34.4 Å². The minimum atomic E-state index is -0.721. The van der Waals surface area contributed by atoms with Crippen molar-refractivity contribution < 1.29 is 14.4 Å². The third kappa shape index (κ3) is 4.34. The zero-order valence-electron chi connectivity index (χ0n) is 18.2. The normalized spacial score (nSPS) is 17.9. The van der Waals surface area contributed by atoms with E-state index >= 15 is 0 Å². The molecule has 8 nitrogen and oxygen atoms in total. The molecule has 3 aromatic rings. The number of rotatable bonds is 8. The zero-order valence-corrected chi connectivity index (χ0v) is 18.2. The minimum absolute atomic E-state index is 0.118. The van der Waals surface area contributed by atoms with Crippen LogP contribution in [0, 0.1) is 5.92 Å². The summed E-state index contributed by atoms with van der Waals surface area (Å²) in [6.45, 7) is 4.13. The fourth-order valence-electron chi connectivity index (χ4n) is 3.91. The predicted molar refractivity (Wildman–Crippen MR) is 122 cm³/mol. The highest BCUT2D eigenvalue weighted by Crippen LogP contribution is 2.25. The Kier molecular flexibility index (Phi) is 6.20. The van der Waals surface area contributed by atoms with Gasteiger partial charge in [0.2, 0.25) is 5.91 Å². The summed E-state index contributed by atoms with van der Waals surface area (Å²) in [7, 11) is 0. The number of carbonyl (C=O) groups is 3. The Labute approximate surface area is 186 Å². The molecule has 0 unspecified atom stereocenters. The van der Waals surface area contributed by atoms with Crippen molar-refractivity contribution in [3.8, 4) is 0 Å². The van der Waals surface area contributed by atoms with Crippen molar-refractivity contribution in [3.05, 3.63) is 60.4 Å². The van der Waals surface area contributed by atoms with E-state index in [1.807, 2.05) is 30.3 Å². The van der Waals surface area contributed by atoms with Crippen molar-refractivity contribution in [1.29, 1.82) is 0 Å². The number of amides is 4. The molecule has 4 rings (SSSR count). The van der Waals surface area contributed by atoms with E-state index in [-0.39, 0.29) is 36.6 Å². The molecule has 8 heteroatoms. The first-order valence-corrected chi connectivity index (χ1v) is 10.9. The lowest BCUT2D eigenvalue weighted by Gasteiger charge is -2.22. The summed E-state index contributed by atoms with van der Waals surface area (Å²) in [5, 5.41) is 5.75. The molecule has 0 aliphatic carbocycles. The van der Waals surface area contributed by atoms with Gasteiger partial charge in [-0.15, -0.1) is 0 Å². The topological polar surface area (TPSA) is 107 Å². The van der Waals surface area contributed by atoms with Crippen LogP contribution in [0.5, 0.6) is 0 Å². The highest BCUT2D eigenvalue weighted by Gasteiger charge is 2.39. The number of benzene rings is 2. The van der Waals surface area contributed by atoms with Gasteiger partial charge in [-0.1, -0.05) is 50.6 Å². The molecular formula is C24H27N5O3. The van der Waals surface area contributed by atoms with Crippen molar-refractivity contribution in [3.63, 3.8) is 0 Å². The van der Waals surface area contributed by atoms with Gasteiger partial charge in [0, 0.05) is 6.42 Å². The van der Waals surface area contributed by atoms with Crippen molar-refractivity contribution in [2.24, 2.45) is 5.92 Å². The van der Waals surface area contributed by atoms with Crippen LogP contribution in [0.3, 0.4) is 0 Å². The predicted octanol–water partition coefficient (Wildman–Crippen LogP) is 3.67. The van der Waals surface area contributed by atoms with E-state index in [1.54, 1.807) is 24.3 Å². The monoisotopic (exact) mass is 433 g/mol. The second-order valence-corrected chi connectivity index (χ2v) is 8.12. The Balaban J connectivity index is 1.40. The van der Waals surface area contributed by atoms with Crippen molar-refractivity contribution in [2.45, 2.75) is 45.2 Å². The van der Waals surface area contributed by atoms with Crippen LogP contribution in [0.1, 0.15) is 45.0 Å². The molecule has 3 N–H and O–H groups in total. The molecule has 0 radical (unpaired) electrons. The first-order valence-electron chi connectivity index (χ1n) is 10.9. The number of H-pyrrole nitrogens is 1. The lowest BCUT2D eigenvalue weighted by molar-refractivity contribution is -0.122. The molecule has 166 valence electrons. The number of para-hydroxylation sites is 3. The Morgan fingerprint density at radius 1 is 1.12 bits per heavy atom. The number of imidazole rings is 1. The maximum absolute atomic E-state index is 12.8. The maximum Gasteiger partial charge on any atom is 0.329 e. The van der Waals surface area contributed by atoms with E-state index in [4.69, 9.17) is 0 Å². The summed E-state index contributed by atoms with van der Waals surface area (Å²) < 4.78 is 0. The summed E-state index contributed by atoms with van der Waals surface area (Å²) in [5.41, 5.74) is 2.29. The number of fused-ring (bicyclic) bond motifs is 1. The van der Waals surface area contributed by atoms with E-state index < -0.39 is 12.1 Å². The first kappa shape index (κ1) is 21.5. The van der Waals surface area contributed by atoms with E-state index in [0.29, 0.717) is 5.69 Å². The smallest absolute Gasteiger partial charge is 0.329 e. The van der Waals surface area contributed by atoms with Crippen LogP contribution in [0.25, 0.3) is 11.0 Å². The number of hydrogen-bond acceptors (Lipinski definition) is 4. The van der Waals surface area contributed by atoms with Gasteiger partial charge in [-0.05, 0) is 36.6 Å². The van der Waals surface area contributed by atoms with E-state index in [1.165, 1.54) is 0 Å². The lowest BCUT2D eigenvalue weighted by Crippen LogP contribution is -2.35. The van der Waals surface area contributed by atoms with Crippen LogP contribution in [-0.2, 0) is 9.59 Å². The highest BCUT2D eigenvalue weighted by molar-refractivity contribution is 6.21.